The number of halogens is 1. The van der Waals surface area contributed by atoms with E-state index < -0.39 is 0 Å². The molecule has 3 nitrogen and oxygen atoms in total. The summed E-state index contributed by atoms with van der Waals surface area (Å²) >= 11 is 0. The maximum absolute atomic E-state index is 13.1. The summed E-state index contributed by atoms with van der Waals surface area (Å²) in [7, 11) is 0. The van der Waals surface area contributed by atoms with Crippen molar-refractivity contribution in [3.05, 3.63) is 65.5 Å². The SMILES string of the molecule is Cc1ccc(OCC(=O)N2CCCCC(c3ccc(F)cc3)C2)cc1. The van der Waals surface area contributed by atoms with Crippen molar-refractivity contribution in [3.8, 4) is 5.75 Å². The first-order chi connectivity index (χ1) is 12.1. The summed E-state index contributed by atoms with van der Waals surface area (Å²) in [5.41, 5.74) is 2.26. The molecule has 0 spiro atoms. The van der Waals surface area contributed by atoms with Crippen molar-refractivity contribution in [2.75, 3.05) is 19.7 Å². The maximum Gasteiger partial charge on any atom is 0.260 e. The van der Waals surface area contributed by atoms with Crippen molar-refractivity contribution in [3.63, 3.8) is 0 Å². The molecule has 1 aliphatic heterocycles. The van der Waals surface area contributed by atoms with Gasteiger partial charge in [0.15, 0.2) is 6.61 Å². The van der Waals surface area contributed by atoms with Gasteiger partial charge in [0.05, 0.1) is 0 Å². The van der Waals surface area contributed by atoms with Gasteiger partial charge in [0.25, 0.3) is 5.91 Å². The largest absolute Gasteiger partial charge is 0.484 e. The van der Waals surface area contributed by atoms with E-state index in [0.717, 1.165) is 36.9 Å². The molecule has 1 amide bonds. The predicted octanol–water partition coefficient (Wildman–Crippen LogP) is 4.31. The van der Waals surface area contributed by atoms with Gasteiger partial charge in [0, 0.05) is 19.0 Å². The van der Waals surface area contributed by atoms with E-state index in [0.29, 0.717) is 12.3 Å². The Balaban J connectivity index is 1.60. The zero-order valence-corrected chi connectivity index (χ0v) is 14.6. The Hall–Kier alpha value is -2.36. The van der Waals surface area contributed by atoms with Crippen LogP contribution in [0.1, 0.15) is 36.3 Å². The highest BCUT2D eigenvalue weighted by Gasteiger charge is 2.23. The van der Waals surface area contributed by atoms with E-state index in [1.54, 1.807) is 0 Å². The summed E-state index contributed by atoms with van der Waals surface area (Å²) in [5.74, 6) is 0.752. The number of ether oxygens (including phenoxy) is 1. The zero-order valence-electron chi connectivity index (χ0n) is 14.6. The third kappa shape index (κ3) is 4.81. The number of likely N-dealkylation sites (tertiary alicyclic amines) is 1. The molecule has 1 atom stereocenters. The van der Waals surface area contributed by atoms with Crippen LogP contribution in [-0.4, -0.2) is 30.5 Å². The van der Waals surface area contributed by atoms with Gasteiger partial charge in [-0.3, -0.25) is 4.79 Å². The molecular weight excluding hydrogens is 317 g/mol. The smallest absolute Gasteiger partial charge is 0.260 e. The Morgan fingerprint density at radius 1 is 1.12 bits per heavy atom. The predicted molar refractivity (Wildman–Crippen MR) is 96.2 cm³/mol. The lowest BCUT2D eigenvalue weighted by Crippen LogP contribution is -2.37. The summed E-state index contributed by atoms with van der Waals surface area (Å²) in [6, 6.07) is 14.3. The fraction of sp³-hybridized carbons (Fsp3) is 0.381. The van der Waals surface area contributed by atoms with Crippen LogP contribution in [0.5, 0.6) is 5.75 Å². The van der Waals surface area contributed by atoms with Crippen LogP contribution in [0, 0.1) is 12.7 Å². The molecule has 4 heteroatoms. The number of rotatable bonds is 4. The standard InChI is InChI=1S/C21H24FNO2/c1-16-5-11-20(12-6-16)25-15-21(24)23-13-3-2-4-18(14-23)17-7-9-19(22)10-8-17/h5-12,18H,2-4,13-15H2,1H3. The molecule has 1 fully saturated rings. The van der Waals surface area contributed by atoms with E-state index >= 15 is 0 Å². The molecule has 0 bridgehead atoms. The first-order valence-electron chi connectivity index (χ1n) is 8.84. The topological polar surface area (TPSA) is 29.5 Å². The number of carbonyl (C=O) groups is 1. The van der Waals surface area contributed by atoms with E-state index in [1.807, 2.05) is 48.2 Å². The zero-order chi connectivity index (χ0) is 17.6. The second-order valence-electron chi connectivity index (χ2n) is 6.69. The van der Waals surface area contributed by atoms with Crippen LogP contribution in [0.25, 0.3) is 0 Å². The van der Waals surface area contributed by atoms with Crippen LogP contribution in [0.4, 0.5) is 4.39 Å². The molecule has 0 aromatic heterocycles. The van der Waals surface area contributed by atoms with Crippen molar-refractivity contribution in [2.45, 2.75) is 32.1 Å². The van der Waals surface area contributed by atoms with Crippen molar-refractivity contribution in [2.24, 2.45) is 0 Å². The summed E-state index contributed by atoms with van der Waals surface area (Å²) in [4.78, 5) is 14.4. The number of benzene rings is 2. The molecule has 2 aromatic rings. The molecule has 1 heterocycles. The van der Waals surface area contributed by atoms with Gasteiger partial charge < -0.3 is 9.64 Å². The number of nitrogens with zero attached hydrogens (tertiary/aromatic N) is 1. The molecule has 3 rings (SSSR count). The molecule has 2 aromatic carbocycles. The molecule has 1 unspecified atom stereocenters. The van der Waals surface area contributed by atoms with Crippen LogP contribution < -0.4 is 4.74 Å². The molecule has 1 saturated heterocycles. The molecule has 132 valence electrons. The van der Waals surface area contributed by atoms with E-state index in [-0.39, 0.29) is 24.2 Å². The Morgan fingerprint density at radius 3 is 2.56 bits per heavy atom. The summed E-state index contributed by atoms with van der Waals surface area (Å²) in [6.45, 7) is 3.50. The van der Waals surface area contributed by atoms with Crippen LogP contribution in [0.2, 0.25) is 0 Å². The first-order valence-corrected chi connectivity index (χ1v) is 8.84. The van der Waals surface area contributed by atoms with Gasteiger partial charge in [-0.25, -0.2) is 4.39 Å². The van der Waals surface area contributed by atoms with Crippen LogP contribution in [0.3, 0.4) is 0 Å². The second kappa shape index (κ2) is 8.15. The van der Waals surface area contributed by atoms with Gasteiger partial charge in [-0.15, -0.1) is 0 Å². The number of hydrogen-bond donors (Lipinski definition) is 0. The maximum atomic E-state index is 13.1. The van der Waals surface area contributed by atoms with Gasteiger partial charge in [-0.2, -0.15) is 0 Å². The molecule has 25 heavy (non-hydrogen) atoms. The van der Waals surface area contributed by atoms with Gasteiger partial charge in [-0.1, -0.05) is 36.2 Å². The number of carbonyl (C=O) groups excluding carboxylic acids is 1. The lowest BCUT2D eigenvalue weighted by Gasteiger charge is -2.25. The van der Waals surface area contributed by atoms with E-state index in [1.165, 1.54) is 12.1 Å². The Labute approximate surface area is 148 Å². The molecule has 0 N–H and O–H groups in total. The highest BCUT2D eigenvalue weighted by Crippen LogP contribution is 2.26. The fourth-order valence-electron chi connectivity index (χ4n) is 3.25. The summed E-state index contributed by atoms with van der Waals surface area (Å²) in [6.07, 6.45) is 3.09. The number of amides is 1. The molecular formula is C21H24FNO2. The van der Waals surface area contributed by atoms with Crippen LogP contribution in [-0.2, 0) is 4.79 Å². The Kier molecular flexibility index (Phi) is 5.69. The average molecular weight is 341 g/mol. The third-order valence-corrected chi connectivity index (χ3v) is 4.75. The third-order valence-electron chi connectivity index (χ3n) is 4.75. The Bertz CT molecular complexity index is 697. The molecule has 0 aliphatic carbocycles. The van der Waals surface area contributed by atoms with Gasteiger partial charge in [-0.05, 0) is 49.6 Å². The van der Waals surface area contributed by atoms with Crippen molar-refractivity contribution in [1.82, 2.24) is 4.90 Å². The quantitative estimate of drug-likeness (QED) is 0.829. The lowest BCUT2D eigenvalue weighted by atomic mass is 9.94. The average Bonchev–Trinajstić information content (AvgIpc) is 2.88. The molecule has 0 saturated carbocycles. The number of aryl methyl sites for hydroxylation is 1. The van der Waals surface area contributed by atoms with Gasteiger partial charge in [0.2, 0.25) is 0 Å². The van der Waals surface area contributed by atoms with E-state index in [2.05, 4.69) is 0 Å². The van der Waals surface area contributed by atoms with Crippen LogP contribution in [0.15, 0.2) is 48.5 Å². The second-order valence-corrected chi connectivity index (χ2v) is 6.69. The van der Waals surface area contributed by atoms with E-state index in [9.17, 15) is 9.18 Å². The molecule has 0 radical (unpaired) electrons. The summed E-state index contributed by atoms with van der Waals surface area (Å²) in [5, 5.41) is 0. The minimum atomic E-state index is -0.225. The normalized spacial score (nSPS) is 17.8. The van der Waals surface area contributed by atoms with Gasteiger partial charge >= 0.3 is 0 Å². The minimum Gasteiger partial charge on any atom is -0.484 e. The van der Waals surface area contributed by atoms with Crippen molar-refractivity contribution >= 4 is 5.91 Å². The fourth-order valence-corrected chi connectivity index (χ4v) is 3.25. The monoisotopic (exact) mass is 341 g/mol. The first kappa shape index (κ1) is 17.5. The highest BCUT2D eigenvalue weighted by atomic mass is 19.1. The Morgan fingerprint density at radius 2 is 1.84 bits per heavy atom. The lowest BCUT2D eigenvalue weighted by molar-refractivity contribution is -0.133. The van der Waals surface area contributed by atoms with Gasteiger partial charge in [0.1, 0.15) is 11.6 Å². The van der Waals surface area contributed by atoms with Crippen molar-refractivity contribution < 1.29 is 13.9 Å². The van der Waals surface area contributed by atoms with E-state index in [4.69, 9.17) is 4.74 Å². The highest BCUT2D eigenvalue weighted by molar-refractivity contribution is 5.77. The molecule has 1 aliphatic rings. The summed E-state index contributed by atoms with van der Waals surface area (Å²) < 4.78 is 18.8. The minimum absolute atomic E-state index is 0.00888. The van der Waals surface area contributed by atoms with Crippen LogP contribution >= 0.6 is 0 Å². The van der Waals surface area contributed by atoms with Crippen molar-refractivity contribution in [1.29, 1.82) is 0 Å². The number of hydrogen-bond acceptors (Lipinski definition) is 2.